The fraction of sp³-hybridized carbons (Fsp3) is 0.556. The highest BCUT2D eigenvalue weighted by atomic mass is 14.8. The first-order valence-electron chi connectivity index (χ1n) is 3.73. The summed E-state index contributed by atoms with van der Waals surface area (Å²) in [6, 6.07) is 0. The lowest BCUT2D eigenvalue weighted by molar-refractivity contribution is 0.828. The van der Waals surface area contributed by atoms with Gasteiger partial charge in [-0.15, -0.1) is 0 Å². The summed E-state index contributed by atoms with van der Waals surface area (Å²) in [7, 11) is 1.93. The van der Waals surface area contributed by atoms with Gasteiger partial charge in [0.1, 0.15) is 0 Å². The maximum absolute atomic E-state index is 3.08. The maximum atomic E-state index is 3.08. The molecule has 1 heteroatoms. The summed E-state index contributed by atoms with van der Waals surface area (Å²) in [5.41, 5.74) is 1.17. The molecule has 0 saturated heterocycles. The van der Waals surface area contributed by atoms with Crippen LogP contribution in [0.2, 0.25) is 0 Å². The van der Waals surface area contributed by atoms with Crippen molar-refractivity contribution in [2.45, 2.75) is 20.8 Å². The second kappa shape index (κ2) is 5.10. The van der Waals surface area contributed by atoms with Gasteiger partial charge in [-0.25, -0.2) is 0 Å². The van der Waals surface area contributed by atoms with Crippen LogP contribution < -0.4 is 5.32 Å². The van der Waals surface area contributed by atoms with Crippen molar-refractivity contribution in [2.75, 3.05) is 7.05 Å². The Hall–Kier alpha value is -0.720. The molecule has 0 aliphatic carbocycles. The van der Waals surface area contributed by atoms with Crippen LogP contribution in [0.3, 0.4) is 0 Å². The molecule has 0 radical (unpaired) electrons. The van der Waals surface area contributed by atoms with Gasteiger partial charge in [0.25, 0.3) is 0 Å². The lowest BCUT2D eigenvalue weighted by atomic mass is 10.2. The molecule has 0 heterocycles. The van der Waals surface area contributed by atoms with E-state index in [9.17, 15) is 0 Å². The lowest BCUT2D eigenvalue weighted by Crippen LogP contribution is -2.02. The fourth-order valence-electron chi connectivity index (χ4n) is 0.620. The molecule has 0 unspecified atom stereocenters. The minimum Gasteiger partial charge on any atom is -0.388 e. The Balaban J connectivity index is 3.86. The summed E-state index contributed by atoms with van der Waals surface area (Å²) in [6.07, 6.45) is 6.33. The number of nitrogens with one attached hydrogen (secondary N) is 1. The van der Waals surface area contributed by atoms with Crippen LogP contribution >= 0.6 is 0 Å². The smallest absolute Gasteiger partial charge is 0.0291 e. The zero-order chi connectivity index (χ0) is 7.98. The Bertz CT molecular complexity index is 132. The van der Waals surface area contributed by atoms with E-state index in [1.165, 1.54) is 5.70 Å². The predicted octanol–water partition coefficient (Wildman–Crippen LogP) is 2.32. The number of allylic oxidation sites excluding steroid dienone is 3. The first-order valence-corrected chi connectivity index (χ1v) is 3.73. The van der Waals surface area contributed by atoms with Crippen molar-refractivity contribution >= 4 is 0 Å². The molecule has 58 valence electrons. The van der Waals surface area contributed by atoms with E-state index in [2.05, 4.69) is 37.4 Å². The number of hydrogen-bond acceptors (Lipinski definition) is 1. The zero-order valence-corrected chi connectivity index (χ0v) is 7.31. The number of hydrogen-bond donors (Lipinski definition) is 1. The van der Waals surface area contributed by atoms with E-state index in [1.807, 2.05) is 14.0 Å². The van der Waals surface area contributed by atoms with Crippen molar-refractivity contribution in [1.29, 1.82) is 0 Å². The molecule has 0 fully saturated rings. The molecular weight excluding hydrogens is 122 g/mol. The Morgan fingerprint density at radius 1 is 1.40 bits per heavy atom. The molecule has 0 bridgehead atoms. The molecule has 0 aromatic heterocycles. The topological polar surface area (TPSA) is 12.0 Å². The van der Waals surface area contributed by atoms with E-state index in [0.717, 1.165) is 0 Å². The van der Waals surface area contributed by atoms with Crippen LogP contribution in [-0.4, -0.2) is 7.05 Å². The standard InChI is InChI=1S/C9H17N/c1-5-9(10-4)7-6-8(2)3/h5-8,10H,1-4H3/b7-6-,9-5+. The summed E-state index contributed by atoms with van der Waals surface area (Å²) in [4.78, 5) is 0. The van der Waals surface area contributed by atoms with E-state index >= 15 is 0 Å². The molecule has 0 rings (SSSR count). The molecular formula is C9H17N. The van der Waals surface area contributed by atoms with Gasteiger partial charge in [0.2, 0.25) is 0 Å². The fourth-order valence-corrected chi connectivity index (χ4v) is 0.620. The Morgan fingerprint density at radius 3 is 2.30 bits per heavy atom. The summed E-state index contributed by atoms with van der Waals surface area (Å²) in [5, 5.41) is 3.08. The van der Waals surface area contributed by atoms with Gasteiger partial charge in [-0.2, -0.15) is 0 Å². The predicted molar refractivity (Wildman–Crippen MR) is 46.8 cm³/mol. The normalized spacial score (nSPS) is 13.1. The molecule has 0 amide bonds. The highest BCUT2D eigenvalue weighted by molar-refractivity contribution is 5.15. The summed E-state index contributed by atoms with van der Waals surface area (Å²) in [6.45, 7) is 6.36. The van der Waals surface area contributed by atoms with Crippen molar-refractivity contribution < 1.29 is 0 Å². The van der Waals surface area contributed by atoms with Crippen LogP contribution in [0.4, 0.5) is 0 Å². The summed E-state index contributed by atoms with van der Waals surface area (Å²) >= 11 is 0. The minimum absolute atomic E-state index is 0.628. The van der Waals surface area contributed by atoms with Crippen molar-refractivity contribution in [3.05, 3.63) is 23.9 Å². The second-order valence-corrected chi connectivity index (χ2v) is 2.60. The average Bonchev–Trinajstić information content (AvgIpc) is 1.90. The molecule has 1 nitrogen and oxygen atoms in total. The molecule has 0 aromatic carbocycles. The van der Waals surface area contributed by atoms with Crippen molar-refractivity contribution in [3.8, 4) is 0 Å². The van der Waals surface area contributed by atoms with E-state index < -0.39 is 0 Å². The second-order valence-electron chi connectivity index (χ2n) is 2.60. The van der Waals surface area contributed by atoms with Gasteiger partial charge in [0.05, 0.1) is 0 Å². The summed E-state index contributed by atoms with van der Waals surface area (Å²) in [5.74, 6) is 0.628. The third-order valence-corrected chi connectivity index (χ3v) is 1.26. The quantitative estimate of drug-likeness (QED) is 0.592. The van der Waals surface area contributed by atoms with E-state index in [-0.39, 0.29) is 0 Å². The zero-order valence-electron chi connectivity index (χ0n) is 7.31. The molecule has 0 atom stereocenters. The van der Waals surface area contributed by atoms with E-state index in [0.29, 0.717) is 5.92 Å². The number of rotatable bonds is 3. The molecule has 1 N–H and O–H groups in total. The van der Waals surface area contributed by atoms with Gasteiger partial charge >= 0.3 is 0 Å². The van der Waals surface area contributed by atoms with E-state index in [1.54, 1.807) is 0 Å². The molecule has 0 saturated carbocycles. The first kappa shape index (κ1) is 9.28. The van der Waals surface area contributed by atoms with Crippen LogP contribution in [0.15, 0.2) is 23.9 Å². The monoisotopic (exact) mass is 139 g/mol. The first-order chi connectivity index (χ1) is 4.70. The minimum atomic E-state index is 0.628. The van der Waals surface area contributed by atoms with Crippen molar-refractivity contribution in [1.82, 2.24) is 5.32 Å². The van der Waals surface area contributed by atoms with Crippen LogP contribution in [-0.2, 0) is 0 Å². The van der Waals surface area contributed by atoms with Gasteiger partial charge in [0, 0.05) is 12.7 Å². The van der Waals surface area contributed by atoms with Gasteiger partial charge in [-0.05, 0) is 18.9 Å². The number of likely N-dealkylation sites (N-methyl/N-ethyl adjacent to an activating group) is 1. The van der Waals surface area contributed by atoms with Gasteiger partial charge in [-0.3, -0.25) is 0 Å². The van der Waals surface area contributed by atoms with Gasteiger partial charge in [-0.1, -0.05) is 26.0 Å². The maximum Gasteiger partial charge on any atom is 0.0291 e. The van der Waals surface area contributed by atoms with Gasteiger partial charge in [0.15, 0.2) is 0 Å². The molecule has 10 heavy (non-hydrogen) atoms. The highest BCUT2D eigenvalue weighted by Crippen LogP contribution is 1.97. The molecule has 0 aliphatic heterocycles. The Kier molecular flexibility index (Phi) is 4.73. The third-order valence-electron chi connectivity index (χ3n) is 1.26. The van der Waals surface area contributed by atoms with Crippen LogP contribution in [0.1, 0.15) is 20.8 Å². The Morgan fingerprint density at radius 2 is 2.00 bits per heavy atom. The lowest BCUT2D eigenvalue weighted by Gasteiger charge is -1.99. The largest absolute Gasteiger partial charge is 0.388 e. The van der Waals surface area contributed by atoms with Crippen LogP contribution in [0.25, 0.3) is 0 Å². The third kappa shape index (κ3) is 4.19. The average molecular weight is 139 g/mol. The Labute approximate surface area is 63.8 Å². The van der Waals surface area contributed by atoms with E-state index in [4.69, 9.17) is 0 Å². The molecule has 0 spiro atoms. The van der Waals surface area contributed by atoms with Crippen molar-refractivity contribution in [2.24, 2.45) is 5.92 Å². The summed E-state index contributed by atoms with van der Waals surface area (Å²) < 4.78 is 0. The van der Waals surface area contributed by atoms with Gasteiger partial charge < -0.3 is 5.32 Å². The van der Waals surface area contributed by atoms with Crippen LogP contribution in [0.5, 0.6) is 0 Å². The highest BCUT2D eigenvalue weighted by Gasteiger charge is 1.85. The molecule has 0 aliphatic rings. The van der Waals surface area contributed by atoms with Crippen molar-refractivity contribution in [3.63, 3.8) is 0 Å². The van der Waals surface area contributed by atoms with Crippen LogP contribution in [0, 0.1) is 5.92 Å². The molecule has 0 aromatic rings. The SMILES string of the molecule is C/C=C(\C=C/C(C)C)NC.